The molecule has 0 rings (SSSR count). The maximum absolute atomic E-state index is 8.62. The van der Waals surface area contributed by atoms with Crippen molar-refractivity contribution in [2.45, 2.75) is 0 Å². The minimum absolute atomic E-state index is 0. The Labute approximate surface area is 96.7 Å². The summed E-state index contributed by atoms with van der Waals surface area (Å²) in [5, 5.41) is 0. The fourth-order valence-corrected chi connectivity index (χ4v) is 0. The summed E-state index contributed by atoms with van der Waals surface area (Å²) in [6, 6.07) is 0. The second-order valence-corrected chi connectivity index (χ2v) is 1.96. The van der Waals surface area contributed by atoms with Crippen molar-refractivity contribution in [2.24, 2.45) is 0 Å². The van der Waals surface area contributed by atoms with Gasteiger partial charge in [0.25, 0.3) is 0 Å². The summed E-state index contributed by atoms with van der Waals surface area (Å²) in [4.78, 5) is 0. The quantitative estimate of drug-likeness (QED) is 0.391. The molecular formula is BiCsO3. The van der Waals surface area contributed by atoms with Crippen LogP contribution in [0.15, 0.2) is 0 Å². The SMILES string of the molecule is [Cs+].[O]=[Bi](=[O])[O-]. The molecule has 0 atom stereocenters. The molecule has 0 aliphatic heterocycles. The van der Waals surface area contributed by atoms with Crippen LogP contribution in [0.2, 0.25) is 0 Å². The summed E-state index contributed by atoms with van der Waals surface area (Å²) in [5.74, 6) is 0. The van der Waals surface area contributed by atoms with Crippen LogP contribution in [0.5, 0.6) is 0 Å². The van der Waals surface area contributed by atoms with E-state index in [-0.39, 0.29) is 68.9 Å². The molecule has 0 bridgehead atoms. The second-order valence-electron chi connectivity index (χ2n) is 0.224. The molecular weight excluding hydrogens is 390 g/mol. The normalized spacial score (nSPS) is 5.00. The van der Waals surface area contributed by atoms with Crippen LogP contribution in [0.1, 0.15) is 0 Å². The average molecular weight is 390 g/mol. The first kappa shape index (κ1) is 10.5. The fourth-order valence-electron chi connectivity index (χ4n) is 0. The van der Waals surface area contributed by atoms with Gasteiger partial charge < -0.3 is 0 Å². The third kappa shape index (κ3) is 21.1. The van der Waals surface area contributed by atoms with Gasteiger partial charge in [0, 0.05) is 0 Å². The minimum atomic E-state index is -4.34. The van der Waals surface area contributed by atoms with Crippen LogP contribution in [-0.4, -0.2) is 22.2 Å². The van der Waals surface area contributed by atoms with E-state index in [0.717, 1.165) is 0 Å². The zero-order valence-electron chi connectivity index (χ0n) is 2.67. The molecule has 5 heteroatoms. The molecule has 0 saturated heterocycles. The van der Waals surface area contributed by atoms with Crippen molar-refractivity contribution in [1.29, 1.82) is 0 Å². The molecule has 0 aromatic rings. The molecule has 0 radical (unpaired) electrons. The zero-order chi connectivity index (χ0) is 3.58. The summed E-state index contributed by atoms with van der Waals surface area (Å²) in [7, 11) is 0. The zero-order valence-corrected chi connectivity index (χ0v) is 12.4. The van der Waals surface area contributed by atoms with E-state index in [2.05, 4.69) is 0 Å². The van der Waals surface area contributed by atoms with Crippen molar-refractivity contribution in [3.05, 3.63) is 0 Å². The number of rotatable bonds is 0. The Kier molecular flexibility index (Phi) is 13.6. The summed E-state index contributed by atoms with van der Waals surface area (Å²) >= 11 is -4.34. The molecule has 0 aromatic carbocycles. The molecule has 0 fully saturated rings. The van der Waals surface area contributed by atoms with E-state index < -0.39 is 22.2 Å². The van der Waals surface area contributed by atoms with Crippen LogP contribution in [-0.2, 0) is 5.63 Å². The summed E-state index contributed by atoms with van der Waals surface area (Å²) in [6.07, 6.45) is 0. The van der Waals surface area contributed by atoms with Crippen LogP contribution >= 0.6 is 0 Å². The molecule has 3 nitrogen and oxygen atoms in total. The van der Waals surface area contributed by atoms with Gasteiger partial charge in [0.05, 0.1) is 0 Å². The first-order valence-electron chi connectivity index (χ1n) is 0.548. The molecule has 0 amide bonds. The van der Waals surface area contributed by atoms with Gasteiger partial charge in [-0.25, -0.2) is 0 Å². The molecule has 5 heavy (non-hydrogen) atoms. The van der Waals surface area contributed by atoms with Crippen molar-refractivity contribution in [3.8, 4) is 0 Å². The first-order chi connectivity index (χ1) is 1.73. The van der Waals surface area contributed by atoms with Gasteiger partial charge in [-0.2, -0.15) is 0 Å². The molecule has 0 unspecified atom stereocenters. The molecule has 0 heterocycles. The molecule has 0 aliphatic rings. The standard InChI is InChI=1S/Bi.Cs.3O/q;+1;;;-1. The van der Waals surface area contributed by atoms with Gasteiger partial charge >= 0.3 is 99.9 Å². The third-order valence-electron chi connectivity index (χ3n) is 0. The van der Waals surface area contributed by atoms with E-state index >= 15 is 0 Å². The predicted octanol–water partition coefficient (Wildman–Crippen LogP) is -4.80. The van der Waals surface area contributed by atoms with Crippen molar-refractivity contribution < 1.29 is 77.7 Å². The van der Waals surface area contributed by atoms with Crippen molar-refractivity contribution in [1.82, 2.24) is 0 Å². The summed E-state index contributed by atoms with van der Waals surface area (Å²) in [6.45, 7) is 0. The summed E-state index contributed by atoms with van der Waals surface area (Å²) < 4.78 is 25.9. The van der Waals surface area contributed by atoms with Gasteiger partial charge in [-0.3, -0.25) is 0 Å². The van der Waals surface area contributed by atoms with Crippen LogP contribution < -0.4 is 72.1 Å². The maximum atomic E-state index is 8.62. The Hall–Kier alpha value is 2.50. The Morgan fingerprint density at radius 1 is 1.40 bits per heavy atom. The van der Waals surface area contributed by atoms with E-state index in [0.29, 0.717) is 0 Å². The van der Waals surface area contributed by atoms with Crippen LogP contribution in [0, 0.1) is 0 Å². The van der Waals surface area contributed by atoms with E-state index in [1.807, 2.05) is 0 Å². The Balaban J connectivity index is 0. The van der Waals surface area contributed by atoms with Crippen molar-refractivity contribution in [3.63, 3.8) is 0 Å². The van der Waals surface area contributed by atoms with E-state index in [1.54, 1.807) is 0 Å². The predicted molar refractivity (Wildman–Crippen MR) is 7.13 cm³/mol. The molecule has 0 saturated carbocycles. The third-order valence-corrected chi connectivity index (χ3v) is 0. The molecule has 0 aromatic heterocycles. The van der Waals surface area contributed by atoms with Crippen molar-refractivity contribution in [2.75, 3.05) is 0 Å². The van der Waals surface area contributed by atoms with E-state index in [4.69, 9.17) is 8.81 Å². The van der Waals surface area contributed by atoms with Crippen LogP contribution in [0.3, 0.4) is 0 Å². The number of hydrogen-bond acceptors (Lipinski definition) is 3. The second kappa shape index (κ2) is 6.50. The van der Waals surface area contributed by atoms with Crippen LogP contribution in [0.4, 0.5) is 0 Å². The van der Waals surface area contributed by atoms with Gasteiger partial charge in [-0.1, -0.05) is 0 Å². The Morgan fingerprint density at radius 3 is 1.40 bits per heavy atom. The molecule has 0 N–H and O–H groups in total. The topological polar surface area (TPSA) is 57.2 Å². The van der Waals surface area contributed by atoms with Gasteiger partial charge in [0.15, 0.2) is 0 Å². The van der Waals surface area contributed by atoms with E-state index in [1.165, 1.54) is 0 Å². The Bertz CT molecular complexity index is 55.3. The average Bonchev–Trinajstić information content (AvgIpc) is 0.811. The monoisotopic (exact) mass is 390 g/mol. The molecule has 24 valence electrons. The van der Waals surface area contributed by atoms with Gasteiger partial charge in [0.2, 0.25) is 0 Å². The Morgan fingerprint density at radius 2 is 1.40 bits per heavy atom. The molecule has 0 spiro atoms. The fraction of sp³-hybridized carbons (Fsp3) is 0. The van der Waals surface area contributed by atoms with Gasteiger partial charge in [0.1, 0.15) is 0 Å². The van der Waals surface area contributed by atoms with Crippen molar-refractivity contribution >= 4 is 22.2 Å². The molecule has 0 aliphatic carbocycles. The summed E-state index contributed by atoms with van der Waals surface area (Å²) in [5.41, 5.74) is 0. The van der Waals surface area contributed by atoms with Gasteiger partial charge in [-0.05, 0) is 0 Å². The number of hydrogen-bond donors (Lipinski definition) is 0. The van der Waals surface area contributed by atoms with E-state index in [9.17, 15) is 0 Å². The van der Waals surface area contributed by atoms with Crippen LogP contribution in [0.25, 0.3) is 0 Å². The van der Waals surface area contributed by atoms with Gasteiger partial charge in [-0.15, -0.1) is 0 Å². The first-order valence-corrected chi connectivity index (χ1v) is 4.81.